The summed E-state index contributed by atoms with van der Waals surface area (Å²) in [6.45, 7) is 11.1. The molecule has 0 aromatic heterocycles. The van der Waals surface area contributed by atoms with Crippen molar-refractivity contribution in [1.29, 1.82) is 0 Å². The molecule has 1 aliphatic heterocycles. The van der Waals surface area contributed by atoms with Gasteiger partial charge in [0.25, 0.3) is 0 Å². The molecule has 0 spiro atoms. The van der Waals surface area contributed by atoms with E-state index in [1.807, 2.05) is 60.9 Å². The maximum absolute atomic E-state index is 12.9. The smallest absolute Gasteiger partial charge is 0.228 e. The van der Waals surface area contributed by atoms with E-state index in [0.29, 0.717) is 24.5 Å². The predicted molar refractivity (Wildman–Crippen MR) is 120 cm³/mol. The predicted octanol–water partition coefficient (Wildman–Crippen LogP) is 6.04. The number of halogens is 2. The summed E-state index contributed by atoms with van der Waals surface area (Å²) in [5, 5.41) is 0.583. The van der Waals surface area contributed by atoms with Crippen LogP contribution in [0.15, 0.2) is 65.6 Å². The van der Waals surface area contributed by atoms with Crippen molar-refractivity contribution < 1.29 is 9.18 Å². The number of aryl methyl sites for hydroxylation is 1. The average Bonchev–Trinajstić information content (AvgIpc) is 2.73. The molecule has 0 atom stereocenters. The van der Waals surface area contributed by atoms with Gasteiger partial charge in [-0.25, -0.2) is 0 Å². The van der Waals surface area contributed by atoms with Crippen molar-refractivity contribution in [1.82, 2.24) is 9.80 Å². The molecule has 29 heavy (non-hydrogen) atoms. The van der Waals surface area contributed by atoms with Gasteiger partial charge in [-0.2, -0.15) is 0 Å². The number of alkyl halides is 1. The minimum Gasteiger partial charge on any atom is -0.343 e. The van der Waals surface area contributed by atoms with E-state index in [0.717, 1.165) is 34.5 Å². The zero-order valence-corrected chi connectivity index (χ0v) is 18.3. The fraction of sp³-hybridized carbons (Fsp3) is 0.375. The number of benzene rings is 1. The first kappa shape index (κ1) is 23.0. The highest BCUT2D eigenvalue weighted by Gasteiger charge is 2.21. The molecule has 0 aliphatic carbocycles. The summed E-state index contributed by atoms with van der Waals surface area (Å²) in [5.41, 5.74) is 4.72. The van der Waals surface area contributed by atoms with E-state index in [1.54, 1.807) is 12.3 Å². The SMILES string of the molecule is C=C1C=CC(Cl)=CN1/C(CC(=O)N(CC)CC)=C(\C)c1ccc(CCCF)cc1. The molecule has 0 bridgehead atoms. The molecule has 1 heterocycles. The van der Waals surface area contributed by atoms with E-state index in [9.17, 15) is 9.18 Å². The molecule has 1 aromatic rings. The number of allylic oxidation sites excluding steroid dienone is 4. The summed E-state index contributed by atoms with van der Waals surface area (Å²) in [7, 11) is 0. The summed E-state index contributed by atoms with van der Waals surface area (Å²) in [4.78, 5) is 16.6. The number of carbonyl (C=O) groups excluding carboxylic acids is 1. The quantitative estimate of drug-likeness (QED) is 0.489. The van der Waals surface area contributed by atoms with E-state index >= 15 is 0 Å². The van der Waals surface area contributed by atoms with Crippen LogP contribution in [-0.2, 0) is 11.2 Å². The van der Waals surface area contributed by atoms with Gasteiger partial charge in [0, 0.05) is 30.7 Å². The van der Waals surface area contributed by atoms with Gasteiger partial charge in [0.1, 0.15) is 0 Å². The third-order valence-electron chi connectivity index (χ3n) is 5.14. The summed E-state index contributed by atoms with van der Waals surface area (Å²) in [6, 6.07) is 8.09. The van der Waals surface area contributed by atoms with Crippen molar-refractivity contribution in [3.05, 3.63) is 76.7 Å². The first-order valence-corrected chi connectivity index (χ1v) is 10.4. The Morgan fingerprint density at radius 1 is 1.17 bits per heavy atom. The minimum absolute atomic E-state index is 0.0655. The third-order valence-corrected chi connectivity index (χ3v) is 5.36. The van der Waals surface area contributed by atoms with Crippen LogP contribution in [0.3, 0.4) is 0 Å². The monoisotopic (exact) mass is 416 g/mol. The molecule has 156 valence electrons. The Bertz CT molecular complexity index is 820. The number of nitrogens with zero attached hydrogens (tertiary/aromatic N) is 2. The normalized spacial score (nSPS) is 14.6. The Labute approximate surface area is 178 Å². The molecule has 0 saturated carbocycles. The van der Waals surface area contributed by atoms with Crippen LogP contribution in [0, 0.1) is 0 Å². The van der Waals surface area contributed by atoms with E-state index in [1.165, 1.54) is 0 Å². The van der Waals surface area contributed by atoms with Crippen LogP contribution in [-0.4, -0.2) is 35.5 Å². The summed E-state index contributed by atoms with van der Waals surface area (Å²) < 4.78 is 12.4. The van der Waals surface area contributed by atoms with Gasteiger partial charge in [-0.3, -0.25) is 9.18 Å². The summed E-state index contributed by atoms with van der Waals surface area (Å²) >= 11 is 6.24. The van der Waals surface area contributed by atoms with Crippen LogP contribution >= 0.6 is 11.6 Å². The van der Waals surface area contributed by atoms with Crippen LogP contribution in [0.5, 0.6) is 0 Å². The van der Waals surface area contributed by atoms with Crippen molar-refractivity contribution in [3.63, 3.8) is 0 Å². The molecule has 1 aliphatic rings. The van der Waals surface area contributed by atoms with Crippen LogP contribution in [0.4, 0.5) is 4.39 Å². The number of amides is 1. The number of hydrogen-bond acceptors (Lipinski definition) is 2. The van der Waals surface area contributed by atoms with Gasteiger partial charge in [0.2, 0.25) is 5.91 Å². The molecular weight excluding hydrogens is 387 g/mol. The maximum Gasteiger partial charge on any atom is 0.228 e. The fourth-order valence-electron chi connectivity index (χ4n) is 3.35. The Balaban J connectivity index is 2.43. The second kappa shape index (κ2) is 11.0. The first-order valence-electron chi connectivity index (χ1n) is 10.1. The summed E-state index contributed by atoms with van der Waals surface area (Å²) in [5.74, 6) is 0.0655. The van der Waals surface area contributed by atoms with Crippen molar-refractivity contribution in [2.75, 3.05) is 19.8 Å². The topological polar surface area (TPSA) is 23.6 Å². The van der Waals surface area contributed by atoms with Crippen molar-refractivity contribution >= 4 is 23.1 Å². The molecule has 0 fully saturated rings. The molecule has 0 unspecified atom stereocenters. The van der Waals surface area contributed by atoms with Crippen molar-refractivity contribution in [2.45, 2.75) is 40.0 Å². The zero-order chi connectivity index (χ0) is 21.4. The average molecular weight is 417 g/mol. The third kappa shape index (κ3) is 6.07. The van der Waals surface area contributed by atoms with Crippen LogP contribution in [0.25, 0.3) is 5.57 Å². The van der Waals surface area contributed by atoms with Gasteiger partial charge in [0.05, 0.1) is 18.1 Å². The van der Waals surface area contributed by atoms with Gasteiger partial charge in [-0.1, -0.05) is 42.4 Å². The second-order valence-electron chi connectivity index (χ2n) is 7.01. The minimum atomic E-state index is -0.310. The molecule has 1 aromatic carbocycles. The Kier molecular flexibility index (Phi) is 8.71. The van der Waals surface area contributed by atoms with Gasteiger partial charge in [0.15, 0.2) is 0 Å². The Hall–Kier alpha value is -2.33. The van der Waals surface area contributed by atoms with E-state index in [2.05, 4.69) is 6.58 Å². The Morgan fingerprint density at radius 3 is 2.41 bits per heavy atom. The number of carbonyl (C=O) groups is 1. The number of hydrogen-bond donors (Lipinski definition) is 0. The largest absolute Gasteiger partial charge is 0.343 e. The zero-order valence-electron chi connectivity index (χ0n) is 17.5. The van der Waals surface area contributed by atoms with Gasteiger partial charge in [-0.05, 0) is 62.5 Å². The number of rotatable bonds is 9. The van der Waals surface area contributed by atoms with E-state index < -0.39 is 0 Å². The lowest BCUT2D eigenvalue weighted by Gasteiger charge is -2.30. The Morgan fingerprint density at radius 2 is 1.83 bits per heavy atom. The standard InChI is InChI=1S/C24H30ClFN2O/c1-5-27(6-2)24(29)16-23(28-17-22(25)14-9-18(28)3)19(4)21-12-10-20(11-13-21)8-7-15-26/h9-14,17H,3,5-8,15-16H2,1-2,4H3/b23-19+. The molecule has 2 rings (SSSR count). The van der Waals surface area contributed by atoms with Gasteiger partial charge < -0.3 is 9.80 Å². The molecule has 3 nitrogen and oxygen atoms in total. The second-order valence-corrected chi connectivity index (χ2v) is 7.45. The van der Waals surface area contributed by atoms with Crippen molar-refractivity contribution in [3.8, 4) is 0 Å². The molecule has 0 N–H and O–H groups in total. The molecule has 1 amide bonds. The van der Waals surface area contributed by atoms with Crippen LogP contribution in [0.2, 0.25) is 0 Å². The fourth-order valence-corrected chi connectivity index (χ4v) is 3.51. The van der Waals surface area contributed by atoms with Gasteiger partial charge in [-0.15, -0.1) is 0 Å². The van der Waals surface area contributed by atoms with E-state index in [-0.39, 0.29) is 19.0 Å². The van der Waals surface area contributed by atoms with Crippen LogP contribution in [0.1, 0.15) is 44.7 Å². The lowest BCUT2D eigenvalue weighted by Crippen LogP contribution is -2.32. The van der Waals surface area contributed by atoms with Gasteiger partial charge >= 0.3 is 0 Å². The van der Waals surface area contributed by atoms with E-state index in [4.69, 9.17) is 11.6 Å². The highest BCUT2D eigenvalue weighted by atomic mass is 35.5. The molecule has 0 saturated heterocycles. The summed E-state index contributed by atoms with van der Waals surface area (Å²) in [6.07, 6.45) is 6.94. The molecule has 0 radical (unpaired) electrons. The molecular formula is C24H30ClFN2O. The lowest BCUT2D eigenvalue weighted by molar-refractivity contribution is -0.130. The van der Waals surface area contributed by atoms with Crippen molar-refractivity contribution in [2.24, 2.45) is 0 Å². The molecule has 5 heteroatoms. The highest BCUT2D eigenvalue weighted by Crippen LogP contribution is 2.31. The maximum atomic E-state index is 12.9. The lowest BCUT2D eigenvalue weighted by atomic mass is 9.99. The first-order chi connectivity index (χ1) is 13.9. The highest BCUT2D eigenvalue weighted by molar-refractivity contribution is 6.31. The van der Waals surface area contributed by atoms with Crippen LogP contribution < -0.4 is 0 Å².